The molecule has 0 spiro atoms. The van der Waals surface area contributed by atoms with Crippen molar-refractivity contribution < 1.29 is 0 Å². The van der Waals surface area contributed by atoms with E-state index in [1.807, 2.05) is 40.1 Å². The molecule has 0 aliphatic rings. The van der Waals surface area contributed by atoms with Crippen molar-refractivity contribution in [1.29, 1.82) is 0 Å². The summed E-state index contributed by atoms with van der Waals surface area (Å²) < 4.78 is 2.01. The molecule has 1 N–H and O–H groups in total. The van der Waals surface area contributed by atoms with Crippen LogP contribution in [0.4, 0.5) is 0 Å². The molecule has 3 aromatic heterocycles. The van der Waals surface area contributed by atoms with Crippen LogP contribution in [0.3, 0.4) is 0 Å². The van der Waals surface area contributed by atoms with E-state index in [2.05, 4.69) is 34.6 Å². The normalized spacial score (nSPS) is 11.2. The molecule has 0 bridgehead atoms. The third-order valence-corrected chi connectivity index (χ3v) is 4.26. The molecular formula is C14H16N4S. The zero-order chi connectivity index (χ0) is 13.1. The van der Waals surface area contributed by atoms with Crippen LogP contribution in [0.2, 0.25) is 0 Å². The summed E-state index contributed by atoms with van der Waals surface area (Å²) in [5.74, 6) is 0.947. The number of hydrogen-bond donors (Lipinski definition) is 1. The maximum atomic E-state index is 4.20. The fourth-order valence-electron chi connectivity index (χ4n) is 2.02. The molecule has 3 heterocycles. The quantitative estimate of drug-likeness (QED) is 0.776. The Morgan fingerprint density at radius 2 is 2.00 bits per heavy atom. The van der Waals surface area contributed by atoms with E-state index in [1.54, 1.807) is 0 Å². The second-order valence-corrected chi connectivity index (χ2v) is 5.62. The van der Waals surface area contributed by atoms with Gasteiger partial charge in [0.1, 0.15) is 0 Å². The highest BCUT2D eigenvalue weighted by molar-refractivity contribution is 7.11. The average molecular weight is 272 g/mol. The molecule has 3 aromatic rings. The SMILES string of the molecule is CCc1ccc(CNCc2nnc3ccccn23)s1. The number of nitrogens with zero attached hydrogens (tertiary/aromatic N) is 3. The minimum atomic E-state index is 0.727. The van der Waals surface area contributed by atoms with Crippen molar-refractivity contribution in [3.63, 3.8) is 0 Å². The van der Waals surface area contributed by atoms with Gasteiger partial charge in [-0.3, -0.25) is 4.40 Å². The fraction of sp³-hybridized carbons (Fsp3) is 0.286. The molecule has 0 saturated heterocycles. The number of aromatic nitrogens is 3. The molecule has 0 fully saturated rings. The van der Waals surface area contributed by atoms with Crippen LogP contribution < -0.4 is 5.32 Å². The summed E-state index contributed by atoms with van der Waals surface area (Å²) >= 11 is 1.87. The highest BCUT2D eigenvalue weighted by Crippen LogP contribution is 2.16. The van der Waals surface area contributed by atoms with Gasteiger partial charge in [0.15, 0.2) is 11.5 Å². The Hall–Kier alpha value is -1.72. The molecule has 3 rings (SSSR count). The van der Waals surface area contributed by atoms with E-state index in [4.69, 9.17) is 0 Å². The standard InChI is InChI=1S/C14H16N4S/c1-2-11-6-7-12(19-11)9-15-10-14-17-16-13-5-3-4-8-18(13)14/h3-8,15H,2,9-10H2,1H3. The van der Waals surface area contributed by atoms with E-state index < -0.39 is 0 Å². The molecule has 0 aliphatic carbocycles. The van der Waals surface area contributed by atoms with Gasteiger partial charge >= 0.3 is 0 Å². The van der Waals surface area contributed by atoms with Crippen LogP contribution >= 0.6 is 11.3 Å². The van der Waals surface area contributed by atoms with Crippen molar-refractivity contribution in [3.05, 3.63) is 52.1 Å². The van der Waals surface area contributed by atoms with Gasteiger partial charge in [0.2, 0.25) is 0 Å². The van der Waals surface area contributed by atoms with Gasteiger partial charge < -0.3 is 5.32 Å². The second kappa shape index (κ2) is 5.50. The number of fused-ring (bicyclic) bond motifs is 1. The maximum Gasteiger partial charge on any atom is 0.160 e. The van der Waals surface area contributed by atoms with Gasteiger partial charge in [-0.1, -0.05) is 13.0 Å². The summed E-state index contributed by atoms with van der Waals surface area (Å²) in [5, 5.41) is 11.8. The van der Waals surface area contributed by atoms with E-state index in [1.165, 1.54) is 9.75 Å². The Balaban J connectivity index is 1.63. The summed E-state index contributed by atoms with van der Waals surface area (Å²) in [7, 11) is 0. The summed E-state index contributed by atoms with van der Waals surface area (Å²) in [4.78, 5) is 2.80. The van der Waals surface area contributed by atoms with Crippen molar-refractivity contribution >= 4 is 17.0 Å². The summed E-state index contributed by atoms with van der Waals surface area (Å²) in [6.45, 7) is 3.79. The minimum absolute atomic E-state index is 0.727. The van der Waals surface area contributed by atoms with Crippen LogP contribution in [0.15, 0.2) is 36.5 Å². The van der Waals surface area contributed by atoms with Crippen molar-refractivity contribution in [2.45, 2.75) is 26.4 Å². The third-order valence-electron chi connectivity index (χ3n) is 3.03. The van der Waals surface area contributed by atoms with E-state index in [0.29, 0.717) is 0 Å². The Morgan fingerprint density at radius 3 is 2.84 bits per heavy atom. The van der Waals surface area contributed by atoms with E-state index in [0.717, 1.165) is 31.0 Å². The van der Waals surface area contributed by atoms with E-state index >= 15 is 0 Å². The molecule has 5 heteroatoms. The first-order valence-electron chi connectivity index (χ1n) is 6.44. The number of nitrogens with one attached hydrogen (secondary N) is 1. The number of pyridine rings is 1. The monoisotopic (exact) mass is 272 g/mol. The lowest BCUT2D eigenvalue weighted by Crippen LogP contribution is -2.14. The summed E-state index contributed by atoms with van der Waals surface area (Å²) in [6, 6.07) is 10.3. The number of hydrogen-bond acceptors (Lipinski definition) is 4. The van der Waals surface area contributed by atoms with E-state index in [-0.39, 0.29) is 0 Å². The predicted octanol–water partition coefficient (Wildman–Crippen LogP) is 2.64. The molecular weight excluding hydrogens is 256 g/mol. The highest BCUT2D eigenvalue weighted by Gasteiger charge is 2.04. The van der Waals surface area contributed by atoms with Gasteiger partial charge in [-0.25, -0.2) is 0 Å². The summed E-state index contributed by atoms with van der Waals surface area (Å²) in [6.07, 6.45) is 3.10. The molecule has 0 atom stereocenters. The number of aryl methyl sites for hydroxylation is 1. The van der Waals surface area contributed by atoms with Crippen LogP contribution in [-0.4, -0.2) is 14.6 Å². The Morgan fingerprint density at radius 1 is 1.11 bits per heavy atom. The molecule has 0 aliphatic heterocycles. The minimum Gasteiger partial charge on any atom is -0.305 e. The van der Waals surface area contributed by atoms with Gasteiger partial charge in [-0.2, -0.15) is 0 Å². The fourth-order valence-corrected chi connectivity index (χ4v) is 2.94. The third kappa shape index (κ3) is 2.67. The molecule has 0 amide bonds. The Bertz CT molecular complexity index is 671. The predicted molar refractivity (Wildman–Crippen MR) is 77.2 cm³/mol. The van der Waals surface area contributed by atoms with Crippen LogP contribution in [0, 0.1) is 0 Å². The van der Waals surface area contributed by atoms with Crippen molar-refractivity contribution in [1.82, 2.24) is 19.9 Å². The lowest BCUT2D eigenvalue weighted by Gasteiger charge is -2.01. The molecule has 0 radical (unpaired) electrons. The smallest absolute Gasteiger partial charge is 0.160 e. The summed E-state index contributed by atoms with van der Waals surface area (Å²) in [5.41, 5.74) is 0.892. The van der Waals surface area contributed by atoms with Crippen LogP contribution in [0.25, 0.3) is 5.65 Å². The second-order valence-electron chi connectivity index (χ2n) is 4.37. The van der Waals surface area contributed by atoms with Gasteiger partial charge in [0.25, 0.3) is 0 Å². The molecule has 4 nitrogen and oxygen atoms in total. The zero-order valence-corrected chi connectivity index (χ0v) is 11.7. The first-order valence-corrected chi connectivity index (χ1v) is 7.25. The first-order chi connectivity index (χ1) is 9.36. The Kier molecular flexibility index (Phi) is 3.57. The Labute approximate surface area is 116 Å². The molecule has 19 heavy (non-hydrogen) atoms. The van der Waals surface area contributed by atoms with Gasteiger partial charge in [-0.15, -0.1) is 21.5 Å². The highest BCUT2D eigenvalue weighted by atomic mass is 32.1. The molecule has 0 saturated carbocycles. The topological polar surface area (TPSA) is 42.2 Å². The number of thiophene rings is 1. The molecule has 0 aromatic carbocycles. The first kappa shape index (κ1) is 12.3. The van der Waals surface area contributed by atoms with Crippen LogP contribution in [-0.2, 0) is 19.5 Å². The van der Waals surface area contributed by atoms with Crippen molar-refractivity contribution in [2.75, 3.05) is 0 Å². The lowest BCUT2D eigenvalue weighted by atomic mass is 10.3. The number of rotatable bonds is 5. The average Bonchev–Trinajstić information content (AvgIpc) is 3.06. The van der Waals surface area contributed by atoms with Gasteiger partial charge in [0.05, 0.1) is 6.54 Å². The van der Waals surface area contributed by atoms with Crippen LogP contribution in [0.5, 0.6) is 0 Å². The van der Waals surface area contributed by atoms with Crippen molar-refractivity contribution in [3.8, 4) is 0 Å². The lowest BCUT2D eigenvalue weighted by molar-refractivity contribution is 0.662. The molecule has 98 valence electrons. The largest absolute Gasteiger partial charge is 0.305 e. The van der Waals surface area contributed by atoms with Gasteiger partial charge in [-0.05, 0) is 30.7 Å². The van der Waals surface area contributed by atoms with Gasteiger partial charge in [0, 0.05) is 22.5 Å². The van der Waals surface area contributed by atoms with Crippen LogP contribution in [0.1, 0.15) is 22.5 Å². The van der Waals surface area contributed by atoms with Crippen molar-refractivity contribution in [2.24, 2.45) is 0 Å². The van der Waals surface area contributed by atoms with E-state index in [9.17, 15) is 0 Å². The zero-order valence-electron chi connectivity index (χ0n) is 10.8. The maximum absolute atomic E-state index is 4.20. The molecule has 0 unspecified atom stereocenters.